The third kappa shape index (κ3) is 4.61. The van der Waals surface area contributed by atoms with Crippen LogP contribution in [0.25, 0.3) is 0 Å². The zero-order valence-corrected chi connectivity index (χ0v) is 14.3. The van der Waals surface area contributed by atoms with Crippen LogP contribution in [0.3, 0.4) is 0 Å². The van der Waals surface area contributed by atoms with Crippen LogP contribution in [0.15, 0.2) is 40.5 Å². The van der Waals surface area contributed by atoms with E-state index in [4.69, 9.17) is 16.3 Å². The van der Waals surface area contributed by atoms with Gasteiger partial charge in [0.15, 0.2) is 5.82 Å². The van der Waals surface area contributed by atoms with Gasteiger partial charge in [0.05, 0.1) is 25.0 Å². The zero-order chi connectivity index (χ0) is 17.4. The minimum Gasteiger partial charge on any atom is -0.394 e. The molecule has 0 unspecified atom stereocenters. The van der Waals surface area contributed by atoms with E-state index in [2.05, 4.69) is 22.1 Å². The van der Waals surface area contributed by atoms with E-state index in [1.165, 1.54) is 23.7 Å². The first-order valence-corrected chi connectivity index (χ1v) is 8.31. The van der Waals surface area contributed by atoms with Gasteiger partial charge in [-0.2, -0.15) is 10.5 Å². The smallest absolute Gasteiger partial charge is 0.156 e. The molecule has 0 saturated carbocycles. The molecule has 0 aliphatic carbocycles. The lowest BCUT2D eigenvalue weighted by atomic mass is 10.2. The van der Waals surface area contributed by atoms with Gasteiger partial charge in [0, 0.05) is 18.0 Å². The van der Waals surface area contributed by atoms with Gasteiger partial charge in [-0.3, -0.25) is 0 Å². The lowest BCUT2D eigenvalue weighted by molar-refractivity contribution is 0.777. The molecule has 0 fully saturated rings. The van der Waals surface area contributed by atoms with Gasteiger partial charge in [0.1, 0.15) is 17.0 Å². The van der Waals surface area contributed by atoms with Crippen LogP contribution in [0, 0.1) is 29.6 Å². The Labute approximate surface area is 145 Å². The molecule has 0 spiro atoms. The maximum absolute atomic E-state index is 8.82. The average molecular weight is 338 g/mol. The molecule has 122 valence electrons. The molecule has 2 N–H and O–H groups in total. The van der Waals surface area contributed by atoms with Crippen LogP contribution in [-0.4, -0.2) is 23.1 Å². The number of benzene rings is 1. The lowest BCUT2D eigenvalue weighted by Crippen LogP contribution is -2.27. The van der Waals surface area contributed by atoms with Crippen LogP contribution in [-0.2, 0) is 0 Å². The highest BCUT2D eigenvalue weighted by atomic mass is 32.2. The Morgan fingerprint density at radius 3 is 2.29 bits per heavy atom. The Morgan fingerprint density at radius 2 is 1.71 bits per heavy atom. The third-order valence-corrected chi connectivity index (χ3v) is 4.37. The van der Waals surface area contributed by atoms with Gasteiger partial charge < -0.3 is 10.6 Å². The van der Waals surface area contributed by atoms with Crippen molar-refractivity contribution in [2.24, 2.45) is 0 Å². The number of rotatable bonds is 7. The van der Waals surface area contributed by atoms with E-state index in [9.17, 15) is 0 Å². The van der Waals surface area contributed by atoms with E-state index in [-0.39, 0.29) is 0 Å². The summed E-state index contributed by atoms with van der Waals surface area (Å²) in [5, 5.41) is 18.3. The molecule has 1 aromatic carbocycles. The quantitative estimate of drug-likeness (QED) is 0.773. The van der Waals surface area contributed by atoms with Crippen molar-refractivity contribution in [2.75, 3.05) is 23.7 Å². The molecule has 0 bridgehead atoms. The second kappa shape index (κ2) is 8.76. The highest BCUT2D eigenvalue weighted by molar-refractivity contribution is 7.99. The zero-order valence-electron chi connectivity index (χ0n) is 13.4. The Hall–Kier alpha value is -2.77. The summed E-state index contributed by atoms with van der Waals surface area (Å²) >= 11 is 1.47. The van der Waals surface area contributed by atoms with Crippen molar-refractivity contribution >= 4 is 23.3 Å². The summed E-state index contributed by atoms with van der Waals surface area (Å²) in [6.07, 6.45) is 2.15. The predicted molar refractivity (Wildman–Crippen MR) is 94.4 cm³/mol. The number of nitrogen functional groups attached to an aromatic ring is 1. The van der Waals surface area contributed by atoms with Crippen molar-refractivity contribution in [3.63, 3.8) is 0 Å². The number of nitrogens with zero attached hydrogens (tertiary/aromatic N) is 5. The van der Waals surface area contributed by atoms with E-state index in [0.29, 0.717) is 42.5 Å². The van der Waals surface area contributed by atoms with E-state index in [0.717, 1.165) is 4.90 Å². The Kier molecular flexibility index (Phi) is 6.41. The molecule has 24 heavy (non-hydrogen) atoms. The summed E-state index contributed by atoms with van der Waals surface area (Å²) in [5.74, 6) is 0.574. The highest BCUT2D eigenvalue weighted by Crippen LogP contribution is 2.34. The fourth-order valence-electron chi connectivity index (χ4n) is 2.12. The normalized spacial score (nSPS) is 9.96. The van der Waals surface area contributed by atoms with Gasteiger partial charge >= 0.3 is 0 Å². The lowest BCUT2D eigenvalue weighted by Gasteiger charge is -2.23. The predicted octanol–water partition coefficient (Wildman–Crippen LogP) is 3.15. The fourth-order valence-corrected chi connectivity index (χ4v) is 2.91. The van der Waals surface area contributed by atoms with E-state index in [1.54, 1.807) is 0 Å². The topological polar surface area (TPSA) is 103 Å². The van der Waals surface area contributed by atoms with Gasteiger partial charge in [-0.1, -0.05) is 29.5 Å². The molecule has 0 aliphatic heterocycles. The number of nitrogens with two attached hydrogens (primary N) is 1. The number of nitriles is 2. The largest absolute Gasteiger partial charge is 0.394 e. The summed E-state index contributed by atoms with van der Waals surface area (Å²) < 4.78 is 0. The second-order valence-corrected chi connectivity index (χ2v) is 6.20. The molecular formula is C17H18N6S. The number of aryl methyl sites for hydroxylation is 1. The summed E-state index contributed by atoms with van der Waals surface area (Å²) in [5.41, 5.74) is 7.91. The Morgan fingerprint density at radius 1 is 1.08 bits per heavy atom. The fraction of sp³-hybridized carbons (Fsp3) is 0.294. The molecule has 0 aliphatic rings. The Bertz CT molecular complexity index is 742. The number of anilines is 2. The van der Waals surface area contributed by atoms with E-state index < -0.39 is 0 Å². The number of hydrogen-bond donors (Lipinski definition) is 1. The van der Waals surface area contributed by atoms with Gasteiger partial charge in [-0.05, 0) is 19.1 Å². The van der Waals surface area contributed by atoms with Crippen LogP contribution < -0.4 is 10.6 Å². The van der Waals surface area contributed by atoms with Crippen molar-refractivity contribution in [3.8, 4) is 12.1 Å². The molecule has 2 aromatic rings. The van der Waals surface area contributed by atoms with Gasteiger partial charge in [0.25, 0.3) is 0 Å². The van der Waals surface area contributed by atoms with Crippen molar-refractivity contribution in [1.82, 2.24) is 9.97 Å². The average Bonchev–Trinajstić information content (AvgIpc) is 2.59. The standard InChI is InChI=1S/C17H18N6S/c1-13-4-6-14(7-5-13)24-17-15(20)16(21-12-22-17)23(10-2-8-18)11-3-9-19/h4-7,12H,2-3,10-11,20H2,1H3. The van der Waals surface area contributed by atoms with E-state index >= 15 is 0 Å². The molecule has 7 heteroatoms. The first kappa shape index (κ1) is 17.6. The van der Waals surface area contributed by atoms with Gasteiger partial charge in [0.2, 0.25) is 0 Å². The molecule has 0 radical (unpaired) electrons. The summed E-state index contributed by atoms with van der Waals surface area (Å²) in [7, 11) is 0. The number of hydrogen-bond acceptors (Lipinski definition) is 7. The van der Waals surface area contributed by atoms with Gasteiger partial charge in [-0.25, -0.2) is 9.97 Å². The molecule has 0 saturated heterocycles. The SMILES string of the molecule is Cc1ccc(Sc2ncnc(N(CCC#N)CCC#N)c2N)cc1. The highest BCUT2D eigenvalue weighted by Gasteiger charge is 2.15. The van der Waals surface area contributed by atoms with Crippen molar-refractivity contribution in [2.45, 2.75) is 29.7 Å². The van der Waals surface area contributed by atoms with Crippen LogP contribution in [0.1, 0.15) is 18.4 Å². The number of aromatic nitrogens is 2. The third-order valence-electron chi connectivity index (χ3n) is 3.35. The summed E-state index contributed by atoms with van der Waals surface area (Å²) in [6, 6.07) is 12.3. The first-order valence-electron chi connectivity index (χ1n) is 7.49. The van der Waals surface area contributed by atoms with Crippen LogP contribution >= 0.6 is 11.8 Å². The Balaban J connectivity index is 2.25. The maximum atomic E-state index is 8.82. The molecule has 0 amide bonds. The van der Waals surface area contributed by atoms with Crippen molar-refractivity contribution in [1.29, 1.82) is 10.5 Å². The van der Waals surface area contributed by atoms with Crippen LogP contribution in [0.5, 0.6) is 0 Å². The minimum absolute atomic E-state index is 0.343. The molecular weight excluding hydrogens is 320 g/mol. The van der Waals surface area contributed by atoms with Crippen LogP contribution in [0.2, 0.25) is 0 Å². The maximum Gasteiger partial charge on any atom is 0.156 e. The summed E-state index contributed by atoms with van der Waals surface area (Å²) in [4.78, 5) is 11.4. The molecule has 6 nitrogen and oxygen atoms in total. The van der Waals surface area contributed by atoms with Crippen molar-refractivity contribution < 1.29 is 0 Å². The molecule has 2 rings (SSSR count). The molecule has 1 aromatic heterocycles. The van der Waals surface area contributed by atoms with Crippen LogP contribution in [0.4, 0.5) is 11.5 Å². The first-order chi connectivity index (χ1) is 11.7. The summed E-state index contributed by atoms with van der Waals surface area (Å²) in [6.45, 7) is 3.00. The minimum atomic E-state index is 0.343. The van der Waals surface area contributed by atoms with E-state index in [1.807, 2.05) is 36.1 Å². The van der Waals surface area contributed by atoms with Crippen molar-refractivity contribution in [3.05, 3.63) is 36.2 Å². The monoisotopic (exact) mass is 338 g/mol. The molecule has 0 atom stereocenters. The molecule has 1 heterocycles. The van der Waals surface area contributed by atoms with Gasteiger partial charge in [-0.15, -0.1) is 0 Å². The second-order valence-electron chi connectivity index (χ2n) is 5.13.